The molecule has 0 aromatic heterocycles. The second-order valence-corrected chi connectivity index (χ2v) is 13.7. The molecule has 2 aliphatic carbocycles. The van der Waals surface area contributed by atoms with Gasteiger partial charge in [0.05, 0.1) is 20.6 Å². The molecule has 0 amide bonds. The molecule has 2 fully saturated rings. The van der Waals surface area contributed by atoms with Crippen molar-refractivity contribution in [3.63, 3.8) is 0 Å². The second-order valence-electron chi connectivity index (χ2n) is 13.7. The van der Waals surface area contributed by atoms with Gasteiger partial charge in [0.15, 0.2) is 6.54 Å². The van der Waals surface area contributed by atoms with E-state index >= 15 is 0 Å². The lowest BCUT2D eigenvalue weighted by Crippen LogP contribution is -2.47. The Hall–Kier alpha value is -0.570. The fourth-order valence-electron chi connectivity index (χ4n) is 7.02. The zero-order valence-electron chi connectivity index (χ0n) is 24.8. The summed E-state index contributed by atoms with van der Waals surface area (Å²) in [6, 6.07) is 0. The van der Waals surface area contributed by atoms with Crippen LogP contribution < -0.4 is 0 Å². The van der Waals surface area contributed by atoms with Gasteiger partial charge in [-0.3, -0.25) is 0 Å². The summed E-state index contributed by atoms with van der Waals surface area (Å²) in [5.74, 6) is 0.735. The van der Waals surface area contributed by atoms with E-state index in [2.05, 4.69) is 41.8 Å². The second kappa shape index (κ2) is 15.0. The summed E-state index contributed by atoms with van der Waals surface area (Å²) in [7, 11) is 4.39. The van der Waals surface area contributed by atoms with Crippen LogP contribution in [0.3, 0.4) is 0 Å². The van der Waals surface area contributed by atoms with E-state index in [0.717, 1.165) is 23.4 Å². The topological polar surface area (TPSA) is 26.3 Å². The Morgan fingerprint density at radius 3 is 1.63 bits per heavy atom. The average molecular weight is 493 g/mol. The van der Waals surface area contributed by atoms with E-state index in [-0.39, 0.29) is 17.5 Å². The molecule has 206 valence electrons. The van der Waals surface area contributed by atoms with Crippen LogP contribution in [0.15, 0.2) is 0 Å². The van der Waals surface area contributed by atoms with E-state index in [1.165, 1.54) is 116 Å². The number of unbranched alkanes of at least 4 members (excludes halogenated alkanes) is 15. The third kappa shape index (κ3) is 9.67. The highest BCUT2D eigenvalue weighted by molar-refractivity contribution is 5.71. The van der Waals surface area contributed by atoms with Gasteiger partial charge in [-0.1, -0.05) is 118 Å². The van der Waals surface area contributed by atoms with Crippen LogP contribution >= 0.6 is 0 Å². The maximum Gasteiger partial charge on any atom is 0.362 e. The summed E-state index contributed by atoms with van der Waals surface area (Å²) in [5, 5.41) is 0. The quantitative estimate of drug-likeness (QED) is 0.0962. The van der Waals surface area contributed by atoms with E-state index in [1.807, 2.05) is 0 Å². The smallest absolute Gasteiger partial charge is 0.362 e. The van der Waals surface area contributed by atoms with Gasteiger partial charge in [0.25, 0.3) is 0 Å². The molecule has 0 spiro atoms. The molecule has 0 saturated heterocycles. The minimum atomic E-state index is 0.0149. The predicted molar refractivity (Wildman–Crippen MR) is 150 cm³/mol. The van der Waals surface area contributed by atoms with Crippen molar-refractivity contribution in [1.82, 2.24) is 0 Å². The normalized spacial score (nSPS) is 25.3. The molecule has 3 heteroatoms. The van der Waals surface area contributed by atoms with Gasteiger partial charge < -0.3 is 9.22 Å². The fourth-order valence-corrected chi connectivity index (χ4v) is 7.02. The number of rotatable bonds is 20. The Morgan fingerprint density at radius 1 is 0.771 bits per heavy atom. The van der Waals surface area contributed by atoms with Crippen molar-refractivity contribution >= 4 is 5.97 Å². The summed E-state index contributed by atoms with van der Waals surface area (Å²) >= 11 is 0. The molecule has 2 rings (SSSR count). The monoisotopic (exact) mass is 492 g/mol. The molecule has 3 nitrogen and oxygen atoms in total. The molecule has 0 radical (unpaired) electrons. The summed E-state index contributed by atoms with van der Waals surface area (Å²) < 4.78 is 6.86. The minimum Gasteiger partial charge on any atom is -0.458 e. The number of ether oxygens (including phenoxy) is 1. The number of hydrogen-bond donors (Lipinski definition) is 0. The highest BCUT2D eigenvalue weighted by atomic mass is 16.5. The molecule has 3 unspecified atom stereocenters. The number of carbonyl (C=O) groups excluding carboxylic acids is 1. The van der Waals surface area contributed by atoms with Crippen molar-refractivity contribution in [1.29, 1.82) is 0 Å². The average Bonchev–Trinajstić information content (AvgIpc) is 3.12. The van der Waals surface area contributed by atoms with Crippen molar-refractivity contribution in [2.75, 3.05) is 27.2 Å². The Balaban J connectivity index is 1.43. The molecule has 0 heterocycles. The molecule has 2 aliphatic rings. The van der Waals surface area contributed by atoms with E-state index < -0.39 is 0 Å². The fraction of sp³-hybridized carbons (Fsp3) is 0.969. The van der Waals surface area contributed by atoms with Gasteiger partial charge in [-0.05, 0) is 43.4 Å². The highest BCUT2D eigenvalue weighted by Gasteiger charge is 2.62. The van der Waals surface area contributed by atoms with Crippen molar-refractivity contribution < 1.29 is 14.0 Å². The number of hydrogen-bond acceptors (Lipinski definition) is 2. The van der Waals surface area contributed by atoms with E-state index in [4.69, 9.17) is 4.74 Å². The molecule has 2 saturated carbocycles. The minimum absolute atomic E-state index is 0.0149. The Morgan fingerprint density at radius 2 is 1.23 bits per heavy atom. The van der Waals surface area contributed by atoms with Crippen molar-refractivity contribution in [2.24, 2.45) is 16.7 Å². The number of esters is 1. The third-order valence-electron chi connectivity index (χ3n) is 10.2. The molecule has 35 heavy (non-hydrogen) atoms. The summed E-state index contributed by atoms with van der Waals surface area (Å²) in [5.41, 5.74) is 0.466. The largest absolute Gasteiger partial charge is 0.458 e. The van der Waals surface area contributed by atoms with Gasteiger partial charge in [-0.15, -0.1) is 0 Å². The van der Waals surface area contributed by atoms with Crippen LogP contribution in [0, 0.1) is 16.7 Å². The zero-order chi connectivity index (χ0) is 25.8. The van der Waals surface area contributed by atoms with Gasteiger partial charge >= 0.3 is 5.97 Å². The molecular formula is C32H62NO2+. The van der Waals surface area contributed by atoms with Crippen molar-refractivity contribution in [2.45, 2.75) is 156 Å². The van der Waals surface area contributed by atoms with Crippen molar-refractivity contribution in [3.05, 3.63) is 0 Å². The lowest BCUT2D eigenvalue weighted by atomic mass is 9.70. The van der Waals surface area contributed by atoms with Gasteiger partial charge in [0.1, 0.15) is 6.10 Å². The molecule has 0 aromatic carbocycles. The highest BCUT2D eigenvalue weighted by Crippen LogP contribution is 2.66. The third-order valence-corrected chi connectivity index (χ3v) is 10.2. The van der Waals surface area contributed by atoms with Crippen LogP contribution in [0.4, 0.5) is 0 Å². The molecule has 0 aromatic rings. The van der Waals surface area contributed by atoms with E-state index in [0.29, 0.717) is 12.0 Å². The SMILES string of the molecule is CCCCCCCCCCCCCCCCCC[N+](C)(C)CC(=O)OC1CC2CCC1(C)C2(C)C. The molecule has 2 bridgehead atoms. The van der Waals surface area contributed by atoms with Gasteiger partial charge in [-0.2, -0.15) is 0 Å². The number of fused-ring (bicyclic) bond motifs is 2. The Labute approximate surface area is 219 Å². The molecular weight excluding hydrogens is 430 g/mol. The summed E-state index contributed by atoms with van der Waals surface area (Å²) in [6.07, 6.45) is 26.1. The number of quaternary nitrogens is 1. The summed E-state index contributed by atoms with van der Waals surface area (Å²) in [6.45, 7) is 11.0. The Kier molecular flexibility index (Phi) is 13.1. The lowest BCUT2D eigenvalue weighted by molar-refractivity contribution is -0.883. The van der Waals surface area contributed by atoms with Gasteiger partial charge in [-0.25, -0.2) is 4.79 Å². The van der Waals surface area contributed by atoms with Crippen LogP contribution in [0.25, 0.3) is 0 Å². The first-order valence-corrected chi connectivity index (χ1v) is 15.6. The standard InChI is InChI=1S/C32H62NO2/c1-7-8-9-10-11-12-13-14-15-16-17-18-19-20-21-22-25-33(5,6)27-30(34)35-29-26-28-23-24-32(29,4)31(28,2)3/h28-29H,7-27H2,1-6H3/q+1. The van der Waals surface area contributed by atoms with E-state index in [9.17, 15) is 4.79 Å². The number of carbonyl (C=O) groups is 1. The maximum atomic E-state index is 12.8. The first-order chi connectivity index (χ1) is 16.6. The van der Waals surface area contributed by atoms with Crippen LogP contribution in [0.2, 0.25) is 0 Å². The molecule has 0 aliphatic heterocycles. The Bertz CT molecular complexity index is 598. The van der Waals surface area contributed by atoms with E-state index in [1.54, 1.807) is 0 Å². The zero-order valence-corrected chi connectivity index (χ0v) is 24.8. The first-order valence-electron chi connectivity index (χ1n) is 15.6. The molecule has 3 atom stereocenters. The maximum absolute atomic E-state index is 12.8. The van der Waals surface area contributed by atoms with Crippen LogP contribution in [-0.2, 0) is 9.53 Å². The summed E-state index contributed by atoms with van der Waals surface area (Å²) in [4.78, 5) is 12.8. The number of likely N-dealkylation sites (N-methyl/N-ethyl adjacent to an activating group) is 1. The first kappa shape index (κ1) is 30.7. The number of nitrogens with zero attached hydrogens (tertiary/aromatic N) is 1. The van der Waals surface area contributed by atoms with Crippen molar-refractivity contribution in [3.8, 4) is 0 Å². The van der Waals surface area contributed by atoms with Crippen LogP contribution in [0.1, 0.15) is 150 Å². The molecule has 0 N–H and O–H groups in total. The lowest BCUT2D eigenvalue weighted by Gasteiger charge is -2.39. The van der Waals surface area contributed by atoms with Crippen LogP contribution in [-0.4, -0.2) is 43.7 Å². The van der Waals surface area contributed by atoms with Gasteiger partial charge in [0, 0.05) is 5.41 Å². The predicted octanol–water partition coefficient (Wildman–Crippen LogP) is 9.08. The van der Waals surface area contributed by atoms with Crippen LogP contribution in [0.5, 0.6) is 0 Å². The van der Waals surface area contributed by atoms with Gasteiger partial charge in [0.2, 0.25) is 0 Å².